The number of methoxy groups -OCH3 is 1. The fourth-order valence-corrected chi connectivity index (χ4v) is 2.70. The largest absolute Gasteiger partial charge is 0.461 e. The van der Waals surface area contributed by atoms with Gasteiger partial charge in [0.1, 0.15) is 6.10 Å². The average Bonchev–Trinajstić information content (AvgIpc) is 2.40. The first-order chi connectivity index (χ1) is 8.78. The van der Waals surface area contributed by atoms with E-state index in [-0.39, 0.29) is 18.2 Å². The predicted molar refractivity (Wildman–Crippen MR) is 68.5 cm³/mol. The number of hydrogen-bond donors (Lipinski definition) is 1. The van der Waals surface area contributed by atoms with Crippen molar-refractivity contribution >= 4 is 5.97 Å². The minimum Gasteiger partial charge on any atom is -0.461 e. The molecule has 18 heavy (non-hydrogen) atoms. The molecule has 0 aromatic rings. The van der Waals surface area contributed by atoms with Crippen LogP contribution in [-0.4, -0.2) is 62.9 Å². The van der Waals surface area contributed by atoms with Gasteiger partial charge < -0.3 is 14.8 Å². The Labute approximate surface area is 109 Å². The van der Waals surface area contributed by atoms with Gasteiger partial charge in [-0.25, -0.2) is 0 Å². The third kappa shape index (κ3) is 4.23. The van der Waals surface area contributed by atoms with Crippen LogP contribution >= 0.6 is 0 Å². The molecule has 0 amide bonds. The highest BCUT2D eigenvalue weighted by Gasteiger charge is 2.25. The lowest BCUT2D eigenvalue weighted by molar-refractivity contribution is -0.154. The Balaban J connectivity index is 1.69. The SMILES string of the molecule is COC1CCCC(OC(=O)CN2CCNCC2)C1. The van der Waals surface area contributed by atoms with Crippen LogP contribution in [0.25, 0.3) is 0 Å². The first-order valence-electron chi connectivity index (χ1n) is 6.93. The number of hydrogen-bond acceptors (Lipinski definition) is 5. The zero-order chi connectivity index (χ0) is 12.8. The molecule has 2 unspecified atom stereocenters. The molecule has 1 aliphatic heterocycles. The monoisotopic (exact) mass is 256 g/mol. The molecule has 0 aromatic carbocycles. The van der Waals surface area contributed by atoms with Gasteiger partial charge in [0.2, 0.25) is 0 Å². The average molecular weight is 256 g/mol. The van der Waals surface area contributed by atoms with Gasteiger partial charge in [-0.15, -0.1) is 0 Å². The van der Waals surface area contributed by atoms with E-state index in [0.29, 0.717) is 6.54 Å². The zero-order valence-electron chi connectivity index (χ0n) is 11.2. The van der Waals surface area contributed by atoms with E-state index < -0.39 is 0 Å². The first-order valence-corrected chi connectivity index (χ1v) is 6.93. The number of piperazine rings is 1. The molecule has 5 nitrogen and oxygen atoms in total. The Kier molecular flexibility index (Phi) is 5.41. The number of rotatable bonds is 4. The van der Waals surface area contributed by atoms with Crippen molar-refractivity contribution < 1.29 is 14.3 Å². The van der Waals surface area contributed by atoms with Gasteiger partial charge in [0, 0.05) is 39.7 Å². The van der Waals surface area contributed by atoms with Gasteiger partial charge in [0.25, 0.3) is 0 Å². The van der Waals surface area contributed by atoms with Gasteiger partial charge in [0.15, 0.2) is 0 Å². The van der Waals surface area contributed by atoms with E-state index in [1.54, 1.807) is 7.11 Å². The Morgan fingerprint density at radius 1 is 1.28 bits per heavy atom. The summed E-state index contributed by atoms with van der Waals surface area (Å²) < 4.78 is 10.9. The third-order valence-electron chi connectivity index (χ3n) is 3.77. The van der Waals surface area contributed by atoms with Crippen molar-refractivity contribution in [2.24, 2.45) is 0 Å². The minimum atomic E-state index is -0.0846. The lowest BCUT2D eigenvalue weighted by atomic mass is 9.95. The van der Waals surface area contributed by atoms with E-state index in [0.717, 1.165) is 51.9 Å². The molecule has 1 N–H and O–H groups in total. The molecule has 0 aromatic heterocycles. The van der Waals surface area contributed by atoms with E-state index in [1.807, 2.05) is 0 Å². The molecule has 1 saturated heterocycles. The van der Waals surface area contributed by atoms with E-state index in [4.69, 9.17) is 9.47 Å². The van der Waals surface area contributed by atoms with Crippen LogP contribution in [0.3, 0.4) is 0 Å². The topological polar surface area (TPSA) is 50.8 Å². The van der Waals surface area contributed by atoms with Crippen molar-refractivity contribution in [3.05, 3.63) is 0 Å². The molecule has 104 valence electrons. The van der Waals surface area contributed by atoms with Crippen molar-refractivity contribution in [1.82, 2.24) is 10.2 Å². The van der Waals surface area contributed by atoms with E-state index in [9.17, 15) is 4.79 Å². The lowest BCUT2D eigenvalue weighted by Gasteiger charge is -2.30. The molecule has 1 heterocycles. The number of ether oxygens (including phenoxy) is 2. The van der Waals surface area contributed by atoms with Crippen LogP contribution in [0.1, 0.15) is 25.7 Å². The summed E-state index contributed by atoms with van der Waals surface area (Å²) in [5.74, 6) is -0.0846. The summed E-state index contributed by atoms with van der Waals surface area (Å²) in [4.78, 5) is 14.0. The van der Waals surface area contributed by atoms with Gasteiger partial charge >= 0.3 is 5.97 Å². The van der Waals surface area contributed by atoms with Crippen molar-refractivity contribution in [3.63, 3.8) is 0 Å². The lowest BCUT2D eigenvalue weighted by Crippen LogP contribution is -2.46. The summed E-state index contributed by atoms with van der Waals surface area (Å²) in [6.45, 7) is 4.21. The summed E-state index contributed by atoms with van der Waals surface area (Å²) in [5.41, 5.74) is 0. The Morgan fingerprint density at radius 2 is 2.00 bits per heavy atom. The minimum absolute atomic E-state index is 0.0547. The number of carbonyl (C=O) groups is 1. The zero-order valence-corrected chi connectivity index (χ0v) is 11.2. The second-order valence-corrected chi connectivity index (χ2v) is 5.16. The second-order valence-electron chi connectivity index (χ2n) is 5.16. The van der Waals surface area contributed by atoms with Crippen LogP contribution in [0.5, 0.6) is 0 Å². The van der Waals surface area contributed by atoms with Crippen molar-refractivity contribution in [2.45, 2.75) is 37.9 Å². The van der Waals surface area contributed by atoms with E-state index in [1.165, 1.54) is 0 Å². The summed E-state index contributed by atoms with van der Waals surface area (Å²) in [5, 5.41) is 3.27. The maximum absolute atomic E-state index is 11.8. The number of nitrogens with zero attached hydrogens (tertiary/aromatic N) is 1. The van der Waals surface area contributed by atoms with E-state index in [2.05, 4.69) is 10.2 Å². The summed E-state index contributed by atoms with van der Waals surface area (Å²) >= 11 is 0. The molecule has 2 fully saturated rings. The van der Waals surface area contributed by atoms with Crippen molar-refractivity contribution in [2.75, 3.05) is 39.8 Å². The molecule has 2 aliphatic rings. The summed E-state index contributed by atoms with van der Waals surface area (Å²) in [6.07, 6.45) is 4.32. The van der Waals surface area contributed by atoms with Gasteiger partial charge in [-0.1, -0.05) is 0 Å². The highest BCUT2D eigenvalue weighted by Crippen LogP contribution is 2.23. The van der Waals surface area contributed by atoms with Crippen LogP contribution in [0, 0.1) is 0 Å². The maximum Gasteiger partial charge on any atom is 0.320 e. The van der Waals surface area contributed by atoms with E-state index >= 15 is 0 Å². The first kappa shape index (κ1) is 13.8. The fourth-order valence-electron chi connectivity index (χ4n) is 2.70. The molecule has 2 atom stereocenters. The Hall–Kier alpha value is -0.650. The van der Waals surface area contributed by atoms with Crippen molar-refractivity contribution in [3.8, 4) is 0 Å². The molecule has 0 spiro atoms. The Bertz CT molecular complexity index is 267. The molecule has 0 radical (unpaired) electrons. The smallest absolute Gasteiger partial charge is 0.320 e. The molecule has 5 heteroatoms. The Morgan fingerprint density at radius 3 is 2.72 bits per heavy atom. The fraction of sp³-hybridized carbons (Fsp3) is 0.923. The van der Waals surface area contributed by atoms with Gasteiger partial charge in [0.05, 0.1) is 12.6 Å². The van der Waals surface area contributed by atoms with Gasteiger partial charge in [-0.05, 0) is 19.3 Å². The summed E-state index contributed by atoms with van der Waals surface area (Å²) in [6, 6.07) is 0. The van der Waals surface area contributed by atoms with Gasteiger partial charge in [-0.3, -0.25) is 9.69 Å². The van der Waals surface area contributed by atoms with Crippen LogP contribution in [0.4, 0.5) is 0 Å². The molecule has 1 aliphatic carbocycles. The van der Waals surface area contributed by atoms with Crippen molar-refractivity contribution in [1.29, 1.82) is 0 Å². The number of carbonyl (C=O) groups excluding carboxylic acids is 1. The molecule has 2 rings (SSSR count). The maximum atomic E-state index is 11.8. The standard InChI is InChI=1S/C13H24N2O3/c1-17-11-3-2-4-12(9-11)18-13(16)10-15-7-5-14-6-8-15/h11-12,14H,2-10H2,1H3. The van der Waals surface area contributed by atoms with Crippen LogP contribution in [-0.2, 0) is 14.3 Å². The second kappa shape index (κ2) is 7.07. The highest BCUT2D eigenvalue weighted by atomic mass is 16.5. The third-order valence-corrected chi connectivity index (χ3v) is 3.77. The highest BCUT2D eigenvalue weighted by molar-refractivity contribution is 5.71. The molecule has 1 saturated carbocycles. The number of nitrogens with one attached hydrogen (secondary N) is 1. The predicted octanol–water partition coefficient (Wildman–Crippen LogP) is 0.392. The summed E-state index contributed by atoms with van der Waals surface area (Å²) in [7, 11) is 1.73. The molecule has 0 bridgehead atoms. The molecular weight excluding hydrogens is 232 g/mol. The normalized spacial score (nSPS) is 30.1. The van der Waals surface area contributed by atoms with Gasteiger partial charge in [-0.2, -0.15) is 0 Å². The number of esters is 1. The van der Waals surface area contributed by atoms with Crippen LogP contribution < -0.4 is 5.32 Å². The molecular formula is C13H24N2O3. The quantitative estimate of drug-likeness (QED) is 0.738. The van der Waals surface area contributed by atoms with Crippen LogP contribution in [0.15, 0.2) is 0 Å². The van der Waals surface area contributed by atoms with Crippen LogP contribution in [0.2, 0.25) is 0 Å².